The predicted molar refractivity (Wildman–Crippen MR) is 66.6 cm³/mol. The second-order valence-corrected chi connectivity index (χ2v) is 5.57. The number of benzene rings is 1. The Morgan fingerprint density at radius 3 is 2.53 bits per heavy atom. The molecule has 0 aromatic heterocycles. The molecule has 1 nitrogen and oxygen atoms in total. The third-order valence-corrected chi connectivity index (χ3v) is 3.35. The van der Waals surface area contributed by atoms with Gasteiger partial charge in [0.2, 0.25) is 0 Å². The molecule has 0 bridgehead atoms. The van der Waals surface area contributed by atoms with Crippen molar-refractivity contribution in [2.24, 2.45) is 0 Å². The molecule has 0 spiro atoms. The summed E-state index contributed by atoms with van der Waals surface area (Å²) < 4.78 is 0. The Morgan fingerprint density at radius 2 is 1.87 bits per heavy atom. The molecular weight excluding hydrogens is 182 g/mol. The van der Waals surface area contributed by atoms with Crippen molar-refractivity contribution in [1.82, 2.24) is 0 Å². The van der Waals surface area contributed by atoms with Crippen molar-refractivity contribution in [1.29, 1.82) is 0 Å². The maximum atomic E-state index is 2.53. The lowest BCUT2D eigenvalue weighted by molar-refractivity contribution is 0.466. The van der Waals surface area contributed by atoms with Gasteiger partial charge in [0.25, 0.3) is 0 Å². The minimum Gasteiger partial charge on any atom is -0.366 e. The molecule has 0 N–H and O–H groups in total. The van der Waals surface area contributed by atoms with E-state index in [0.717, 1.165) is 0 Å². The summed E-state index contributed by atoms with van der Waals surface area (Å²) in [5.41, 5.74) is 3.18. The lowest BCUT2D eigenvalue weighted by Crippen LogP contribution is -2.44. The van der Waals surface area contributed by atoms with Gasteiger partial charge in [-0.15, -0.1) is 0 Å². The average molecular weight is 203 g/mol. The summed E-state index contributed by atoms with van der Waals surface area (Å²) in [7, 11) is 0. The van der Waals surface area contributed by atoms with Gasteiger partial charge in [0, 0.05) is 17.8 Å². The summed E-state index contributed by atoms with van der Waals surface area (Å²) in [5, 5.41) is 0. The van der Waals surface area contributed by atoms with E-state index >= 15 is 0 Å². The summed E-state index contributed by atoms with van der Waals surface area (Å²) in [6.07, 6.45) is 1.27. The number of fused-ring (bicyclic) bond motifs is 1. The highest BCUT2D eigenvalue weighted by molar-refractivity contribution is 5.58. The van der Waals surface area contributed by atoms with Crippen molar-refractivity contribution in [3.63, 3.8) is 0 Å². The van der Waals surface area contributed by atoms with Gasteiger partial charge in [0.15, 0.2) is 0 Å². The van der Waals surface area contributed by atoms with E-state index in [4.69, 9.17) is 0 Å². The normalized spacial score (nSPS) is 21.3. The molecule has 15 heavy (non-hydrogen) atoms. The summed E-state index contributed by atoms with van der Waals surface area (Å²) in [4.78, 5) is 2.53. The molecule has 0 aliphatic carbocycles. The first-order valence-electron chi connectivity index (χ1n) is 5.87. The van der Waals surface area contributed by atoms with Gasteiger partial charge < -0.3 is 4.90 Å². The van der Waals surface area contributed by atoms with Crippen molar-refractivity contribution in [2.75, 3.05) is 11.4 Å². The van der Waals surface area contributed by atoms with Crippen LogP contribution >= 0.6 is 0 Å². The third kappa shape index (κ3) is 1.88. The standard InChI is InChI=1S/C14H21N/c1-11-9-10-15(14(2,3)4)13-8-6-5-7-12(11)13/h5-8,11H,9-10H2,1-4H3. The van der Waals surface area contributed by atoms with Crippen LogP contribution in [0.15, 0.2) is 24.3 Å². The van der Waals surface area contributed by atoms with Crippen molar-refractivity contribution in [3.05, 3.63) is 29.8 Å². The molecule has 1 atom stereocenters. The summed E-state index contributed by atoms with van der Waals surface area (Å²) in [5.74, 6) is 0.708. The summed E-state index contributed by atoms with van der Waals surface area (Å²) in [6.45, 7) is 10.4. The maximum absolute atomic E-state index is 2.53. The average Bonchev–Trinajstić information content (AvgIpc) is 2.17. The molecule has 0 amide bonds. The lowest BCUT2D eigenvalue weighted by atomic mass is 9.89. The van der Waals surface area contributed by atoms with Crippen LogP contribution in [-0.2, 0) is 0 Å². The highest BCUT2D eigenvalue weighted by atomic mass is 15.2. The van der Waals surface area contributed by atoms with Gasteiger partial charge in [-0.3, -0.25) is 0 Å². The topological polar surface area (TPSA) is 3.24 Å². The number of hydrogen-bond donors (Lipinski definition) is 0. The molecule has 0 fully saturated rings. The van der Waals surface area contributed by atoms with Crippen LogP contribution in [0.25, 0.3) is 0 Å². The summed E-state index contributed by atoms with van der Waals surface area (Å²) >= 11 is 0. The highest BCUT2D eigenvalue weighted by Gasteiger charge is 2.28. The number of nitrogens with zero attached hydrogens (tertiary/aromatic N) is 1. The Hall–Kier alpha value is -0.980. The van der Waals surface area contributed by atoms with Gasteiger partial charge in [-0.1, -0.05) is 25.1 Å². The number of rotatable bonds is 0. The monoisotopic (exact) mass is 203 g/mol. The molecule has 1 aliphatic heterocycles. The van der Waals surface area contributed by atoms with Crippen molar-refractivity contribution in [2.45, 2.75) is 45.6 Å². The Balaban J connectivity index is 2.45. The van der Waals surface area contributed by atoms with E-state index in [2.05, 4.69) is 56.9 Å². The fourth-order valence-electron chi connectivity index (χ4n) is 2.45. The first kappa shape index (κ1) is 10.5. The zero-order valence-electron chi connectivity index (χ0n) is 10.2. The number of para-hydroxylation sites is 1. The molecule has 1 aliphatic rings. The third-order valence-electron chi connectivity index (χ3n) is 3.35. The van der Waals surface area contributed by atoms with E-state index in [1.165, 1.54) is 24.2 Å². The van der Waals surface area contributed by atoms with E-state index in [1.54, 1.807) is 0 Å². The van der Waals surface area contributed by atoms with Crippen LogP contribution in [0.3, 0.4) is 0 Å². The van der Waals surface area contributed by atoms with Crippen LogP contribution in [0.4, 0.5) is 5.69 Å². The van der Waals surface area contributed by atoms with Gasteiger partial charge in [0.05, 0.1) is 0 Å². The second kappa shape index (κ2) is 3.55. The molecule has 0 saturated heterocycles. The van der Waals surface area contributed by atoms with E-state index < -0.39 is 0 Å². The molecule has 1 aromatic rings. The molecule has 1 heterocycles. The Kier molecular flexibility index (Phi) is 2.49. The number of hydrogen-bond acceptors (Lipinski definition) is 1. The van der Waals surface area contributed by atoms with Crippen LogP contribution in [0.1, 0.15) is 45.6 Å². The zero-order valence-corrected chi connectivity index (χ0v) is 10.2. The van der Waals surface area contributed by atoms with Gasteiger partial charge in [-0.2, -0.15) is 0 Å². The Bertz CT molecular complexity index is 349. The van der Waals surface area contributed by atoms with Gasteiger partial charge in [-0.25, -0.2) is 0 Å². The first-order chi connectivity index (χ1) is 7.00. The minimum atomic E-state index is 0.232. The first-order valence-corrected chi connectivity index (χ1v) is 5.87. The van der Waals surface area contributed by atoms with Crippen LogP contribution in [-0.4, -0.2) is 12.1 Å². The minimum absolute atomic E-state index is 0.232. The molecule has 2 rings (SSSR count). The van der Waals surface area contributed by atoms with Gasteiger partial charge in [-0.05, 0) is 44.7 Å². The second-order valence-electron chi connectivity index (χ2n) is 5.57. The van der Waals surface area contributed by atoms with Crippen LogP contribution in [0.5, 0.6) is 0 Å². The zero-order chi connectivity index (χ0) is 11.1. The molecular formula is C14H21N. The van der Waals surface area contributed by atoms with Crippen LogP contribution < -0.4 is 4.90 Å². The van der Waals surface area contributed by atoms with E-state index in [9.17, 15) is 0 Å². The fraction of sp³-hybridized carbons (Fsp3) is 0.571. The molecule has 82 valence electrons. The van der Waals surface area contributed by atoms with Crippen molar-refractivity contribution in [3.8, 4) is 0 Å². The van der Waals surface area contributed by atoms with Crippen molar-refractivity contribution >= 4 is 5.69 Å². The van der Waals surface area contributed by atoms with Crippen LogP contribution in [0.2, 0.25) is 0 Å². The molecule has 1 unspecified atom stereocenters. The molecule has 0 saturated carbocycles. The Labute approximate surface area is 93.1 Å². The van der Waals surface area contributed by atoms with Gasteiger partial charge >= 0.3 is 0 Å². The highest BCUT2D eigenvalue weighted by Crippen LogP contribution is 2.37. The molecule has 0 radical (unpaired) electrons. The maximum Gasteiger partial charge on any atom is 0.0405 e. The SMILES string of the molecule is CC1CCN(C(C)(C)C)c2ccccc21. The van der Waals surface area contributed by atoms with E-state index in [0.29, 0.717) is 5.92 Å². The largest absolute Gasteiger partial charge is 0.366 e. The predicted octanol–water partition coefficient (Wildman–Crippen LogP) is 3.80. The summed E-state index contributed by atoms with van der Waals surface area (Å²) in [6, 6.07) is 8.84. The smallest absolute Gasteiger partial charge is 0.0405 e. The van der Waals surface area contributed by atoms with Gasteiger partial charge in [0.1, 0.15) is 0 Å². The molecule has 1 aromatic carbocycles. The lowest BCUT2D eigenvalue weighted by Gasteiger charge is -2.43. The van der Waals surface area contributed by atoms with E-state index in [-0.39, 0.29) is 5.54 Å². The quantitative estimate of drug-likeness (QED) is 0.620. The number of anilines is 1. The fourth-order valence-corrected chi connectivity index (χ4v) is 2.45. The van der Waals surface area contributed by atoms with Crippen LogP contribution in [0, 0.1) is 0 Å². The van der Waals surface area contributed by atoms with Crippen molar-refractivity contribution < 1.29 is 0 Å². The molecule has 1 heteroatoms. The van der Waals surface area contributed by atoms with E-state index in [1.807, 2.05) is 0 Å². The Morgan fingerprint density at radius 1 is 1.20 bits per heavy atom.